The van der Waals surface area contributed by atoms with Crippen LogP contribution in [0.3, 0.4) is 0 Å². The van der Waals surface area contributed by atoms with Crippen LogP contribution in [0.1, 0.15) is 5.56 Å². The van der Waals surface area contributed by atoms with E-state index in [1.807, 2.05) is 18.2 Å². The summed E-state index contributed by atoms with van der Waals surface area (Å²) in [6.45, 7) is 0.713. The lowest BCUT2D eigenvalue weighted by molar-refractivity contribution is 0.185. The summed E-state index contributed by atoms with van der Waals surface area (Å²) in [5.74, 6) is -0.105. The Morgan fingerprint density at radius 2 is 2.18 bits per heavy atom. The van der Waals surface area contributed by atoms with Crippen molar-refractivity contribution in [2.45, 2.75) is 6.61 Å². The molecule has 7 heteroatoms. The first kappa shape index (κ1) is 14.4. The lowest BCUT2D eigenvalue weighted by Crippen LogP contribution is -2.22. The molecule has 0 aromatic heterocycles. The zero-order chi connectivity index (χ0) is 12.9. The van der Waals surface area contributed by atoms with E-state index in [2.05, 4.69) is 21.2 Å². The minimum atomic E-state index is -3.43. The number of rotatable bonds is 6. The van der Waals surface area contributed by atoms with Gasteiger partial charge in [0.2, 0.25) is 10.0 Å². The van der Waals surface area contributed by atoms with E-state index in [0.29, 0.717) is 6.61 Å². The van der Waals surface area contributed by atoms with Crippen molar-refractivity contribution in [1.82, 2.24) is 0 Å². The average Bonchev–Trinajstić information content (AvgIpc) is 2.21. The molecule has 0 radical (unpaired) electrons. The summed E-state index contributed by atoms with van der Waals surface area (Å²) in [6.07, 6.45) is 0. The Balaban J connectivity index is 2.73. The summed E-state index contributed by atoms with van der Waals surface area (Å²) in [5.41, 5.74) is 1.79. The van der Waals surface area contributed by atoms with Crippen LogP contribution in [0.15, 0.2) is 22.7 Å². The Bertz CT molecular complexity index is 476. The number of hydrogen-bond donors (Lipinski definition) is 2. The van der Waals surface area contributed by atoms with Crippen molar-refractivity contribution in [2.75, 3.05) is 24.7 Å². The minimum absolute atomic E-state index is 0.105. The molecule has 1 aromatic carbocycles. The normalized spacial score (nSPS) is 11.5. The Morgan fingerprint density at radius 3 is 2.76 bits per heavy atom. The maximum absolute atomic E-state index is 10.8. The third-order valence-electron chi connectivity index (χ3n) is 2.11. The maximum atomic E-state index is 10.8. The zero-order valence-corrected chi connectivity index (χ0v) is 11.8. The molecule has 1 aromatic rings. The largest absolute Gasteiger partial charge is 0.384 e. The second-order valence-electron chi connectivity index (χ2n) is 3.49. The number of nitrogens with one attached hydrogen (secondary N) is 1. The molecule has 0 atom stereocenters. The van der Waals surface area contributed by atoms with E-state index in [1.165, 1.54) is 0 Å². The lowest BCUT2D eigenvalue weighted by Gasteiger charge is -2.12. The van der Waals surface area contributed by atoms with Gasteiger partial charge in [-0.05, 0) is 12.1 Å². The Hall–Kier alpha value is -0.630. The molecule has 0 saturated heterocycles. The summed E-state index contributed by atoms with van der Waals surface area (Å²) >= 11 is 3.42. The molecule has 0 heterocycles. The smallest absolute Gasteiger partial charge is 0.210 e. The number of primary sulfonamides is 1. The van der Waals surface area contributed by atoms with E-state index >= 15 is 0 Å². The van der Waals surface area contributed by atoms with E-state index in [-0.39, 0.29) is 12.3 Å². The Morgan fingerprint density at radius 1 is 1.47 bits per heavy atom. The molecule has 1 rings (SSSR count). The monoisotopic (exact) mass is 322 g/mol. The first-order chi connectivity index (χ1) is 7.94. The van der Waals surface area contributed by atoms with Gasteiger partial charge < -0.3 is 10.1 Å². The van der Waals surface area contributed by atoms with Crippen LogP contribution < -0.4 is 10.5 Å². The highest BCUT2D eigenvalue weighted by Gasteiger charge is 2.07. The summed E-state index contributed by atoms with van der Waals surface area (Å²) < 4.78 is 27.6. The number of nitrogens with two attached hydrogens (primary N) is 1. The second kappa shape index (κ2) is 6.34. The molecule has 3 N–H and O–H groups in total. The van der Waals surface area contributed by atoms with Crippen LogP contribution in [0, 0.1) is 0 Å². The molecule has 0 bridgehead atoms. The van der Waals surface area contributed by atoms with Gasteiger partial charge in [0.05, 0.1) is 12.4 Å². The van der Waals surface area contributed by atoms with Gasteiger partial charge in [-0.2, -0.15) is 0 Å². The van der Waals surface area contributed by atoms with Crippen molar-refractivity contribution in [3.63, 3.8) is 0 Å². The molecule has 0 amide bonds. The molecular weight excluding hydrogens is 308 g/mol. The molecule has 0 aliphatic carbocycles. The van der Waals surface area contributed by atoms with Crippen molar-refractivity contribution in [3.05, 3.63) is 28.2 Å². The highest BCUT2D eigenvalue weighted by molar-refractivity contribution is 9.10. The third-order valence-corrected chi connectivity index (χ3v) is 3.63. The molecule has 96 valence electrons. The van der Waals surface area contributed by atoms with E-state index in [0.717, 1.165) is 15.7 Å². The summed E-state index contributed by atoms with van der Waals surface area (Å²) in [5, 5.41) is 7.95. The van der Waals surface area contributed by atoms with Crippen LogP contribution in [-0.4, -0.2) is 27.8 Å². The minimum Gasteiger partial charge on any atom is -0.384 e. The first-order valence-corrected chi connectivity index (χ1v) is 7.45. The molecule has 0 saturated carbocycles. The second-order valence-corrected chi connectivity index (χ2v) is 6.08. The van der Waals surface area contributed by atoms with Gasteiger partial charge >= 0.3 is 0 Å². The third kappa shape index (κ3) is 5.03. The van der Waals surface area contributed by atoms with Crippen molar-refractivity contribution in [3.8, 4) is 0 Å². The fraction of sp³-hybridized carbons (Fsp3) is 0.400. The van der Waals surface area contributed by atoms with Crippen LogP contribution in [0.5, 0.6) is 0 Å². The molecule has 0 aliphatic rings. The van der Waals surface area contributed by atoms with Crippen LogP contribution >= 0.6 is 15.9 Å². The van der Waals surface area contributed by atoms with Gasteiger partial charge in [-0.25, -0.2) is 13.6 Å². The SMILES string of the molecule is COCc1c(Br)cccc1NCCS(N)(=O)=O. The van der Waals surface area contributed by atoms with Crippen molar-refractivity contribution in [1.29, 1.82) is 0 Å². The highest BCUT2D eigenvalue weighted by atomic mass is 79.9. The molecule has 17 heavy (non-hydrogen) atoms. The van der Waals surface area contributed by atoms with Gasteiger partial charge in [0.25, 0.3) is 0 Å². The topological polar surface area (TPSA) is 81.4 Å². The number of sulfonamides is 1. The van der Waals surface area contributed by atoms with Gasteiger partial charge in [-0.15, -0.1) is 0 Å². The van der Waals surface area contributed by atoms with Crippen molar-refractivity contribution < 1.29 is 13.2 Å². The van der Waals surface area contributed by atoms with Crippen molar-refractivity contribution in [2.24, 2.45) is 5.14 Å². The van der Waals surface area contributed by atoms with Crippen molar-refractivity contribution >= 4 is 31.6 Å². The molecular formula is C10H15BrN2O3S. The number of hydrogen-bond acceptors (Lipinski definition) is 4. The predicted molar refractivity (Wildman–Crippen MR) is 71.3 cm³/mol. The van der Waals surface area contributed by atoms with Gasteiger partial charge in [0.15, 0.2) is 0 Å². The number of ether oxygens (including phenoxy) is 1. The van der Waals surface area contributed by atoms with Gasteiger partial charge in [0, 0.05) is 29.4 Å². The van der Waals surface area contributed by atoms with E-state index in [1.54, 1.807) is 7.11 Å². The predicted octanol–water partition coefficient (Wildman–Crippen LogP) is 1.30. The quantitative estimate of drug-likeness (QED) is 0.827. The molecule has 0 unspecified atom stereocenters. The van der Waals surface area contributed by atoms with E-state index < -0.39 is 10.0 Å². The summed E-state index contributed by atoms with van der Waals surface area (Å²) in [7, 11) is -1.83. The van der Waals surface area contributed by atoms with Crippen LogP contribution in [0.4, 0.5) is 5.69 Å². The summed E-state index contributed by atoms with van der Waals surface area (Å²) in [4.78, 5) is 0. The Kier molecular flexibility index (Phi) is 5.38. The molecule has 0 fully saturated rings. The number of anilines is 1. The molecule has 0 spiro atoms. The van der Waals surface area contributed by atoms with Crippen LogP contribution in [-0.2, 0) is 21.4 Å². The van der Waals surface area contributed by atoms with E-state index in [4.69, 9.17) is 9.88 Å². The molecule has 5 nitrogen and oxygen atoms in total. The standard InChI is InChI=1S/C10H15BrN2O3S/c1-16-7-8-9(11)3-2-4-10(8)13-5-6-17(12,14)15/h2-4,13H,5-7H2,1H3,(H2,12,14,15). The maximum Gasteiger partial charge on any atom is 0.210 e. The first-order valence-electron chi connectivity index (χ1n) is 4.94. The average molecular weight is 323 g/mol. The zero-order valence-electron chi connectivity index (χ0n) is 9.44. The lowest BCUT2D eigenvalue weighted by atomic mass is 10.2. The fourth-order valence-corrected chi connectivity index (χ4v) is 2.21. The van der Waals surface area contributed by atoms with Crippen LogP contribution in [0.25, 0.3) is 0 Å². The van der Waals surface area contributed by atoms with E-state index in [9.17, 15) is 8.42 Å². The number of halogens is 1. The van der Waals surface area contributed by atoms with Gasteiger partial charge in [0.1, 0.15) is 0 Å². The molecule has 0 aliphatic heterocycles. The highest BCUT2D eigenvalue weighted by Crippen LogP contribution is 2.25. The van der Waals surface area contributed by atoms with Gasteiger partial charge in [-0.1, -0.05) is 22.0 Å². The van der Waals surface area contributed by atoms with Crippen LogP contribution in [0.2, 0.25) is 0 Å². The number of methoxy groups -OCH3 is 1. The Labute approximate surface area is 110 Å². The number of benzene rings is 1. The summed E-state index contributed by atoms with van der Waals surface area (Å²) in [6, 6.07) is 5.63. The van der Waals surface area contributed by atoms with Gasteiger partial charge in [-0.3, -0.25) is 0 Å². The fourth-order valence-electron chi connectivity index (χ4n) is 1.34.